The van der Waals surface area contributed by atoms with E-state index < -0.39 is 6.04 Å². The van der Waals surface area contributed by atoms with Gasteiger partial charge in [0.1, 0.15) is 0 Å². The molecule has 28 heavy (non-hydrogen) atoms. The topological polar surface area (TPSA) is 88.4 Å². The van der Waals surface area contributed by atoms with E-state index >= 15 is 0 Å². The Kier molecular flexibility index (Phi) is 8.85. The second kappa shape index (κ2) is 10.4. The number of fused-ring (bicyclic) bond motifs is 3. The lowest BCUT2D eigenvalue weighted by Gasteiger charge is -2.19. The highest BCUT2D eigenvalue weighted by Gasteiger charge is 2.28. The molecule has 0 amide bonds. The molecule has 3 rings (SSSR count). The van der Waals surface area contributed by atoms with Crippen LogP contribution in [0.1, 0.15) is 57.5 Å². The van der Waals surface area contributed by atoms with E-state index in [4.69, 9.17) is 14.6 Å². The Morgan fingerprint density at radius 1 is 1.25 bits per heavy atom. The van der Waals surface area contributed by atoms with Crippen molar-refractivity contribution in [1.29, 1.82) is 0 Å². The average Bonchev–Trinajstić information content (AvgIpc) is 2.91. The number of aromatic nitrogens is 2. The monoisotopic (exact) mass is 389 g/mol. The first-order chi connectivity index (χ1) is 12.5. The fourth-order valence-electron chi connectivity index (χ4n) is 3.71. The van der Waals surface area contributed by atoms with Crippen molar-refractivity contribution in [2.45, 2.75) is 60.1 Å². The maximum Gasteiger partial charge on any atom is 0.331 e. The second-order valence-electron chi connectivity index (χ2n) is 7.19. The molecule has 6 nitrogen and oxygen atoms in total. The van der Waals surface area contributed by atoms with E-state index in [1.165, 1.54) is 16.7 Å². The Morgan fingerprint density at radius 3 is 2.64 bits per heavy atom. The van der Waals surface area contributed by atoms with Gasteiger partial charge in [0.2, 0.25) is 0 Å². The molecule has 1 aromatic heterocycles. The van der Waals surface area contributed by atoms with E-state index in [0.29, 0.717) is 13.2 Å². The minimum Gasteiger partial charge on any atom is -0.464 e. The SMILES string of the molecule is C.CCOC(=O)C(C(C)C)n1cc2c(n1)CCCc1cc(COC)ccc1-2.N. The van der Waals surface area contributed by atoms with Crippen molar-refractivity contribution in [3.8, 4) is 11.1 Å². The third-order valence-corrected chi connectivity index (χ3v) is 4.88. The normalized spacial score (nSPS) is 13.5. The van der Waals surface area contributed by atoms with E-state index in [0.717, 1.165) is 30.5 Å². The average molecular weight is 390 g/mol. The quantitative estimate of drug-likeness (QED) is 0.721. The zero-order valence-corrected chi connectivity index (χ0v) is 16.8. The first-order valence-corrected chi connectivity index (χ1v) is 9.41. The van der Waals surface area contributed by atoms with Crippen LogP contribution in [-0.4, -0.2) is 29.5 Å². The molecule has 1 aliphatic rings. The summed E-state index contributed by atoms with van der Waals surface area (Å²) in [4.78, 5) is 12.4. The highest BCUT2D eigenvalue weighted by Crippen LogP contribution is 2.34. The van der Waals surface area contributed by atoms with Gasteiger partial charge in [0.15, 0.2) is 6.04 Å². The first kappa shape index (κ1) is 23.9. The fraction of sp³-hybridized carbons (Fsp3) is 0.545. The summed E-state index contributed by atoms with van der Waals surface area (Å²) in [6, 6.07) is 6.11. The van der Waals surface area contributed by atoms with Gasteiger partial charge in [-0.3, -0.25) is 4.68 Å². The van der Waals surface area contributed by atoms with Crippen molar-refractivity contribution in [2.75, 3.05) is 13.7 Å². The van der Waals surface area contributed by atoms with Crippen LogP contribution in [0.25, 0.3) is 11.1 Å². The molecule has 156 valence electrons. The van der Waals surface area contributed by atoms with Crippen molar-refractivity contribution in [3.05, 3.63) is 41.2 Å². The van der Waals surface area contributed by atoms with Crippen LogP contribution in [0.2, 0.25) is 0 Å². The van der Waals surface area contributed by atoms with Gasteiger partial charge in [-0.15, -0.1) is 0 Å². The lowest BCUT2D eigenvalue weighted by Crippen LogP contribution is -2.27. The number of hydrogen-bond acceptors (Lipinski definition) is 5. The molecule has 0 fully saturated rings. The summed E-state index contributed by atoms with van der Waals surface area (Å²) in [5.41, 5.74) is 5.94. The Bertz CT molecular complexity index is 783. The van der Waals surface area contributed by atoms with Gasteiger partial charge in [0.05, 0.1) is 18.9 Å². The molecule has 1 atom stereocenters. The molecule has 1 unspecified atom stereocenters. The van der Waals surface area contributed by atoms with Crippen LogP contribution in [0.3, 0.4) is 0 Å². The van der Waals surface area contributed by atoms with E-state index in [2.05, 4.69) is 18.2 Å². The van der Waals surface area contributed by atoms with Crippen molar-refractivity contribution < 1.29 is 14.3 Å². The van der Waals surface area contributed by atoms with E-state index in [-0.39, 0.29) is 25.5 Å². The molecule has 0 saturated heterocycles. The third kappa shape index (κ3) is 4.80. The molecule has 0 spiro atoms. The van der Waals surface area contributed by atoms with Crippen molar-refractivity contribution in [2.24, 2.45) is 5.92 Å². The summed E-state index contributed by atoms with van der Waals surface area (Å²) in [6.45, 7) is 6.89. The van der Waals surface area contributed by atoms with Gasteiger partial charge in [0, 0.05) is 18.9 Å². The zero-order chi connectivity index (χ0) is 18.7. The summed E-state index contributed by atoms with van der Waals surface area (Å²) in [5.74, 6) is -0.100. The molecule has 1 aromatic carbocycles. The van der Waals surface area contributed by atoms with Crippen LogP contribution in [0.4, 0.5) is 0 Å². The highest BCUT2D eigenvalue weighted by atomic mass is 16.5. The minimum absolute atomic E-state index is 0. The summed E-state index contributed by atoms with van der Waals surface area (Å²) in [5, 5.41) is 4.78. The standard InChI is InChI=1S/C21H28N2O3.CH4.H3N/c1-5-26-21(24)20(14(2)3)23-12-18-17-10-9-15(13-25-4)11-16(17)7-6-8-19(18)22-23;;/h9-12,14,20H,5-8,13H2,1-4H3;1H4;1H3. The van der Waals surface area contributed by atoms with Crippen LogP contribution in [0.5, 0.6) is 0 Å². The Balaban J connectivity index is 0.00000196. The molecule has 0 saturated carbocycles. The predicted octanol–water partition coefficient (Wildman–Crippen LogP) is 4.74. The highest BCUT2D eigenvalue weighted by molar-refractivity contribution is 5.75. The molecular formula is C22H35N3O3. The Hall–Kier alpha value is -2.18. The molecular weight excluding hydrogens is 354 g/mol. The number of hydrogen-bond donors (Lipinski definition) is 1. The lowest BCUT2D eigenvalue weighted by molar-refractivity contribution is -0.149. The van der Waals surface area contributed by atoms with Gasteiger partial charge in [0.25, 0.3) is 0 Å². The molecule has 6 heteroatoms. The minimum atomic E-state index is -0.391. The largest absolute Gasteiger partial charge is 0.464 e. The van der Waals surface area contributed by atoms with Crippen molar-refractivity contribution in [1.82, 2.24) is 15.9 Å². The van der Waals surface area contributed by atoms with Crippen LogP contribution in [0, 0.1) is 5.92 Å². The predicted molar refractivity (Wildman–Crippen MR) is 113 cm³/mol. The van der Waals surface area contributed by atoms with E-state index in [1.807, 2.05) is 31.6 Å². The molecule has 2 aromatic rings. The summed E-state index contributed by atoms with van der Waals surface area (Å²) < 4.78 is 12.3. The second-order valence-corrected chi connectivity index (χ2v) is 7.19. The number of carbonyl (C=O) groups is 1. The maximum atomic E-state index is 12.4. The third-order valence-electron chi connectivity index (χ3n) is 4.88. The summed E-state index contributed by atoms with van der Waals surface area (Å²) in [6.07, 6.45) is 5.04. The zero-order valence-electron chi connectivity index (χ0n) is 16.8. The smallest absolute Gasteiger partial charge is 0.331 e. The number of carbonyl (C=O) groups excluding carboxylic acids is 1. The number of aryl methyl sites for hydroxylation is 2. The number of esters is 1. The number of nitrogens with zero attached hydrogens (tertiary/aromatic N) is 2. The van der Waals surface area contributed by atoms with E-state index in [9.17, 15) is 4.79 Å². The van der Waals surface area contributed by atoms with Crippen LogP contribution in [0.15, 0.2) is 24.4 Å². The van der Waals surface area contributed by atoms with Gasteiger partial charge in [-0.05, 0) is 48.8 Å². The molecule has 0 radical (unpaired) electrons. The summed E-state index contributed by atoms with van der Waals surface area (Å²) in [7, 11) is 1.72. The molecule has 1 aliphatic carbocycles. The molecule has 0 bridgehead atoms. The Labute approximate surface area is 168 Å². The number of rotatable bonds is 6. The van der Waals surface area contributed by atoms with Crippen molar-refractivity contribution in [3.63, 3.8) is 0 Å². The summed E-state index contributed by atoms with van der Waals surface area (Å²) >= 11 is 0. The van der Waals surface area contributed by atoms with Gasteiger partial charge >= 0.3 is 5.97 Å². The Morgan fingerprint density at radius 2 is 2.00 bits per heavy atom. The maximum absolute atomic E-state index is 12.4. The number of ether oxygens (including phenoxy) is 2. The van der Waals surface area contributed by atoms with Gasteiger partial charge in [-0.25, -0.2) is 4.79 Å². The van der Waals surface area contributed by atoms with E-state index in [1.54, 1.807) is 7.11 Å². The number of benzene rings is 1. The number of methoxy groups -OCH3 is 1. The van der Waals surface area contributed by atoms with Gasteiger partial charge < -0.3 is 15.6 Å². The molecule has 3 N–H and O–H groups in total. The first-order valence-electron chi connectivity index (χ1n) is 9.41. The van der Waals surface area contributed by atoms with Gasteiger partial charge in [-0.2, -0.15) is 5.10 Å². The van der Waals surface area contributed by atoms with Gasteiger partial charge in [-0.1, -0.05) is 39.5 Å². The van der Waals surface area contributed by atoms with Crippen LogP contribution >= 0.6 is 0 Å². The lowest BCUT2D eigenvalue weighted by atomic mass is 9.98. The molecule has 0 aliphatic heterocycles. The van der Waals surface area contributed by atoms with Crippen LogP contribution < -0.4 is 6.15 Å². The fourth-order valence-corrected chi connectivity index (χ4v) is 3.71. The van der Waals surface area contributed by atoms with Crippen molar-refractivity contribution >= 4 is 5.97 Å². The molecule has 1 heterocycles. The van der Waals surface area contributed by atoms with Crippen LogP contribution in [-0.2, 0) is 33.7 Å².